The zero-order valence-electron chi connectivity index (χ0n) is 11.4. The summed E-state index contributed by atoms with van der Waals surface area (Å²) in [5.74, 6) is 0.162. The van der Waals surface area contributed by atoms with Crippen LogP contribution in [0.2, 0.25) is 0 Å². The lowest BCUT2D eigenvalue weighted by molar-refractivity contribution is 0.0921. The molecule has 1 aromatic heterocycles. The summed E-state index contributed by atoms with van der Waals surface area (Å²) in [7, 11) is 0. The molecule has 6 nitrogen and oxygen atoms in total. The molecule has 0 radical (unpaired) electrons. The van der Waals surface area contributed by atoms with Gasteiger partial charge in [0, 0.05) is 31.2 Å². The molecule has 0 unspecified atom stereocenters. The molecule has 0 spiro atoms. The van der Waals surface area contributed by atoms with Crippen molar-refractivity contribution in [3.05, 3.63) is 17.5 Å². The molecule has 0 aromatic carbocycles. The van der Waals surface area contributed by atoms with Crippen LogP contribution < -0.4 is 5.32 Å². The van der Waals surface area contributed by atoms with Crippen LogP contribution >= 0.6 is 0 Å². The van der Waals surface area contributed by atoms with Gasteiger partial charge in [-0.2, -0.15) is 5.26 Å². The molecule has 0 bridgehead atoms. The van der Waals surface area contributed by atoms with Crippen LogP contribution in [0.4, 0.5) is 0 Å². The Morgan fingerprint density at radius 3 is 2.89 bits per heavy atom. The standard InChI is InChI=1S/C13H18N4O2/c1-8(2)17-6-9(3)12(7-17)15-13(18)11-4-10(5-14)19-16-11/h4,8-9,12H,6-7H2,1-3H3,(H,15,18)/t9-,12+/m0/s1. The van der Waals surface area contributed by atoms with E-state index in [2.05, 4.69) is 36.1 Å². The third-order valence-corrected chi connectivity index (χ3v) is 3.54. The number of hydrogen-bond donors (Lipinski definition) is 1. The Morgan fingerprint density at radius 1 is 1.63 bits per heavy atom. The zero-order chi connectivity index (χ0) is 14.0. The second-order valence-corrected chi connectivity index (χ2v) is 5.29. The van der Waals surface area contributed by atoms with Crippen molar-refractivity contribution in [1.82, 2.24) is 15.4 Å². The monoisotopic (exact) mass is 262 g/mol. The fraction of sp³-hybridized carbons (Fsp3) is 0.615. The number of amides is 1. The lowest BCUT2D eigenvalue weighted by Gasteiger charge is -2.20. The van der Waals surface area contributed by atoms with Crippen LogP contribution in [0.5, 0.6) is 0 Å². The predicted octanol–water partition coefficient (Wildman–Crippen LogP) is 1.00. The van der Waals surface area contributed by atoms with Crippen molar-refractivity contribution in [3.8, 4) is 6.07 Å². The van der Waals surface area contributed by atoms with Gasteiger partial charge in [-0.1, -0.05) is 12.1 Å². The number of likely N-dealkylation sites (tertiary alicyclic amines) is 1. The maximum absolute atomic E-state index is 12.0. The highest BCUT2D eigenvalue weighted by molar-refractivity contribution is 5.92. The van der Waals surface area contributed by atoms with E-state index in [1.54, 1.807) is 0 Å². The van der Waals surface area contributed by atoms with Crippen molar-refractivity contribution in [2.45, 2.75) is 32.9 Å². The van der Waals surface area contributed by atoms with Gasteiger partial charge in [-0.05, 0) is 19.8 Å². The van der Waals surface area contributed by atoms with Crippen molar-refractivity contribution in [3.63, 3.8) is 0 Å². The molecular weight excluding hydrogens is 244 g/mol. The first kappa shape index (κ1) is 13.6. The minimum atomic E-state index is -0.285. The first-order chi connectivity index (χ1) is 9.01. The first-order valence-corrected chi connectivity index (χ1v) is 6.43. The van der Waals surface area contributed by atoms with Gasteiger partial charge >= 0.3 is 0 Å². The fourth-order valence-corrected chi connectivity index (χ4v) is 2.29. The van der Waals surface area contributed by atoms with Gasteiger partial charge in [-0.3, -0.25) is 9.69 Å². The Kier molecular flexibility index (Phi) is 3.86. The van der Waals surface area contributed by atoms with E-state index in [9.17, 15) is 4.79 Å². The Morgan fingerprint density at radius 2 is 2.37 bits per heavy atom. The highest BCUT2D eigenvalue weighted by Gasteiger charge is 2.32. The Balaban J connectivity index is 1.98. The molecule has 1 fully saturated rings. The molecule has 2 rings (SSSR count). The van der Waals surface area contributed by atoms with Crippen LogP contribution in [-0.2, 0) is 0 Å². The van der Waals surface area contributed by atoms with Crippen LogP contribution in [0, 0.1) is 17.2 Å². The number of carbonyl (C=O) groups is 1. The van der Waals surface area contributed by atoms with E-state index in [0.29, 0.717) is 12.0 Å². The summed E-state index contributed by atoms with van der Waals surface area (Å²) < 4.78 is 4.70. The predicted molar refractivity (Wildman–Crippen MR) is 68.3 cm³/mol. The average Bonchev–Trinajstić information content (AvgIpc) is 2.97. The Bertz CT molecular complexity index is 503. The van der Waals surface area contributed by atoms with Gasteiger partial charge in [0.1, 0.15) is 6.07 Å². The largest absolute Gasteiger partial charge is 0.346 e. The molecule has 102 valence electrons. The van der Waals surface area contributed by atoms with Crippen LogP contribution in [0.3, 0.4) is 0 Å². The second kappa shape index (κ2) is 5.41. The van der Waals surface area contributed by atoms with Crippen molar-refractivity contribution in [1.29, 1.82) is 5.26 Å². The van der Waals surface area contributed by atoms with Gasteiger partial charge in [0.2, 0.25) is 5.76 Å². The third kappa shape index (κ3) is 2.93. The van der Waals surface area contributed by atoms with E-state index in [1.807, 2.05) is 6.07 Å². The summed E-state index contributed by atoms with van der Waals surface area (Å²) in [6.45, 7) is 8.23. The van der Waals surface area contributed by atoms with Gasteiger partial charge in [-0.25, -0.2) is 0 Å². The molecule has 6 heteroatoms. The minimum Gasteiger partial charge on any atom is -0.346 e. The van der Waals surface area contributed by atoms with E-state index >= 15 is 0 Å². The zero-order valence-corrected chi connectivity index (χ0v) is 11.4. The molecule has 1 amide bonds. The van der Waals surface area contributed by atoms with E-state index in [0.717, 1.165) is 13.1 Å². The average molecular weight is 262 g/mol. The highest BCUT2D eigenvalue weighted by atomic mass is 16.5. The maximum Gasteiger partial charge on any atom is 0.273 e. The molecule has 1 aliphatic heterocycles. The molecule has 2 atom stereocenters. The molecular formula is C13H18N4O2. The summed E-state index contributed by atoms with van der Waals surface area (Å²) in [5.41, 5.74) is 0.159. The van der Waals surface area contributed by atoms with Crippen LogP contribution in [0.1, 0.15) is 37.0 Å². The molecule has 0 saturated carbocycles. The number of nitrogens with zero attached hydrogens (tertiary/aromatic N) is 3. The molecule has 1 saturated heterocycles. The quantitative estimate of drug-likeness (QED) is 0.879. The van der Waals surface area contributed by atoms with Gasteiger partial charge in [-0.15, -0.1) is 0 Å². The smallest absolute Gasteiger partial charge is 0.273 e. The number of rotatable bonds is 3. The molecule has 1 aliphatic rings. The first-order valence-electron chi connectivity index (χ1n) is 6.43. The third-order valence-electron chi connectivity index (χ3n) is 3.54. The Hall–Kier alpha value is -1.87. The fourth-order valence-electron chi connectivity index (χ4n) is 2.29. The summed E-state index contributed by atoms with van der Waals surface area (Å²) >= 11 is 0. The number of carbonyl (C=O) groups excluding carboxylic acids is 1. The van der Waals surface area contributed by atoms with Crippen LogP contribution in [0.25, 0.3) is 0 Å². The summed E-state index contributed by atoms with van der Waals surface area (Å²) in [4.78, 5) is 14.3. The number of hydrogen-bond acceptors (Lipinski definition) is 5. The van der Waals surface area contributed by atoms with Crippen LogP contribution in [-0.4, -0.2) is 41.1 Å². The normalized spacial score (nSPS) is 23.5. The van der Waals surface area contributed by atoms with Crippen molar-refractivity contribution < 1.29 is 9.32 Å². The van der Waals surface area contributed by atoms with Crippen molar-refractivity contribution in [2.24, 2.45) is 5.92 Å². The SMILES string of the molecule is CC(C)N1C[C@H](C)[C@H](NC(=O)c2cc(C#N)on2)C1. The van der Waals surface area contributed by atoms with Gasteiger partial charge in [0.25, 0.3) is 5.91 Å². The molecule has 0 aliphatic carbocycles. The second-order valence-electron chi connectivity index (χ2n) is 5.29. The van der Waals surface area contributed by atoms with Gasteiger partial charge in [0.05, 0.1) is 0 Å². The highest BCUT2D eigenvalue weighted by Crippen LogP contribution is 2.19. The summed E-state index contributed by atoms with van der Waals surface area (Å²) in [6.07, 6.45) is 0. The molecule has 1 N–H and O–H groups in total. The Labute approximate surface area is 112 Å². The summed E-state index contributed by atoms with van der Waals surface area (Å²) in [5, 5.41) is 15.2. The topological polar surface area (TPSA) is 82.2 Å². The lowest BCUT2D eigenvalue weighted by Crippen LogP contribution is -2.40. The van der Waals surface area contributed by atoms with Crippen LogP contribution in [0.15, 0.2) is 10.6 Å². The maximum atomic E-state index is 12.0. The number of nitrogens with one attached hydrogen (secondary N) is 1. The van der Waals surface area contributed by atoms with E-state index in [1.165, 1.54) is 6.07 Å². The van der Waals surface area contributed by atoms with Crippen molar-refractivity contribution >= 4 is 5.91 Å². The molecule has 19 heavy (non-hydrogen) atoms. The van der Waals surface area contributed by atoms with E-state index in [-0.39, 0.29) is 23.4 Å². The van der Waals surface area contributed by atoms with E-state index in [4.69, 9.17) is 9.78 Å². The molecule has 2 heterocycles. The van der Waals surface area contributed by atoms with Gasteiger partial charge < -0.3 is 9.84 Å². The van der Waals surface area contributed by atoms with Crippen molar-refractivity contribution in [2.75, 3.05) is 13.1 Å². The minimum absolute atomic E-state index is 0.0495. The number of aromatic nitrogens is 1. The lowest BCUT2D eigenvalue weighted by atomic mass is 10.1. The molecule has 1 aromatic rings. The van der Waals surface area contributed by atoms with E-state index < -0.39 is 0 Å². The summed E-state index contributed by atoms with van der Waals surface area (Å²) in [6, 6.07) is 3.75. The number of nitriles is 1. The van der Waals surface area contributed by atoms with Gasteiger partial charge in [0.15, 0.2) is 5.69 Å².